The fourth-order valence-electron chi connectivity index (χ4n) is 1.06. The quantitative estimate of drug-likeness (QED) is 0.702. The number of hydrogen-bond donors (Lipinski definition) is 1. The van der Waals surface area contributed by atoms with Crippen LogP contribution in [0.25, 0.3) is 0 Å². The maximum atomic E-state index is 11.4. The molecule has 0 aliphatic carbocycles. The monoisotopic (exact) mass is 221 g/mol. The molecule has 0 aromatic carbocycles. The van der Waals surface area contributed by atoms with E-state index < -0.39 is 15.9 Å². The van der Waals surface area contributed by atoms with Gasteiger partial charge in [-0.25, -0.2) is 8.42 Å². The summed E-state index contributed by atoms with van der Waals surface area (Å²) in [6, 6.07) is -0.632. The minimum atomic E-state index is -3.01. The van der Waals surface area contributed by atoms with Gasteiger partial charge in [-0.1, -0.05) is 13.8 Å². The summed E-state index contributed by atoms with van der Waals surface area (Å²) in [6.07, 6.45) is 1.79. The van der Waals surface area contributed by atoms with Gasteiger partial charge in [0.1, 0.15) is 15.6 Å². The number of sulfone groups is 1. The molecule has 0 spiro atoms. The van der Waals surface area contributed by atoms with Gasteiger partial charge in [0.2, 0.25) is 0 Å². The first kappa shape index (κ1) is 13.6. The number of carbonyl (C=O) groups is 1. The molecule has 0 saturated carbocycles. The molecule has 0 aromatic heterocycles. The second-order valence-electron chi connectivity index (χ2n) is 4.09. The molecule has 14 heavy (non-hydrogen) atoms. The van der Waals surface area contributed by atoms with E-state index >= 15 is 0 Å². The highest BCUT2D eigenvalue weighted by Gasteiger charge is 2.16. The van der Waals surface area contributed by atoms with Crippen molar-refractivity contribution in [2.45, 2.75) is 32.7 Å². The molecule has 0 saturated heterocycles. The SMILES string of the molecule is CC(C)CC(=O)C(N)CCS(C)(=O)=O. The largest absolute Gasteiger partial charge is 0.321 e. The van der Waals surface area contributed by atoms with E-state index in [0.717, 1.165) is 6.26 Å². The van der Waals surface area contributed by atoms with E-state index in [1.165, 1.54) is 0 Å². The van der Waals surface area contributed by atoms with Gasteiger partial charge in [0.15, 0.2) is 0 Å². The predicted molar refractivity (Wildman–Crippen MR) is 56.8 cm³/mol. The molecule has 0 rings (SSSR count). The van der Waals surface area contributed by atoms with E-state index in [0.29, 0.717) is 6.42 Å². The van der Waals surface area contributed by atoms with Crippen LogP contribution in [0.3, 0.4) is 0 Å². The first-order chi connectivity index (χ1) is 6.22. The lowest BCUT2D eigenvalue weighted by Crippen LogP contribution is -2.33. The maximum absolute atomic E-state index is 11.4. The van der Waals surface area contributed by atoms with Crippen molar-refractivity contribution in [3.05, 3.63) is 0 Å². The summed E-state index contributed by atoms with van der Waals surface area (Å²) in [7, 11) is -3.01. The van der Waals surface area contributed by atoms with Crippen LogP contribution in [0, 0.1) is 5.92 Å². The zero-order chi connectivity index (χ0) is 11.4. The third-order valence-corrected chi connectivity index (χ3v) is 2.80. The molecule has 0 aliphatic rings. The molecule has 84 valence electrons. The summed E-state index contributed by atoms with van der Waals surface area (Å²) < 4.78 is 21.6. The Balaban J connectivity index is 3.97. The van der Waals surface area contributed by atoms with Crippen LogP contribution in [0.15, 0.2) is 0 Å². The third-order valence-electron chi connectivity index (χ3n) is 1.82. The molecule has 2 N–H and O–H groups in total. The number of nitrogens with two attached hydrogens (primary N) is 1. The van der Waals surface area contributed by atoms with Crippen molar-refractivity contribution in [2.24, 2.45) is 11.7 Å². The fraction of sp³-hybridized carbons (Fsp3) is 0.889. The molecule has 5 heteroatoms. The van der Waals surface area contributed by atoms with E-state index in [9.17, 15) is 13.2 Å². The predicted octanol–water partition coefficient (Wildman–Crippen LogP) is 0.364. The lowest BCUT2D eigenvalue weighted by Gasteiger charge is -2.11. The molecule has 0 amide bonds. The Morgan fingerprint density at radius 3 is 2.21 bits per heavy atom. The van der Waals surface area contributed by atoms with Gasteiger partial charge < -0.3 is 5.73 Å². The Hall–Kier alpha value is -0.420. The Kier molecular flexibility index (Phi) is 5.29. The number of rotatable bonds is 6. The van der Waals surface area contributed by atoms with Crippen LogP contribution in [-0.2, 0) is 14.6 Å². The second-order valence-corrected chi connectivity index (χ2v) is 6.35. The van der Waals surface area contributed by atoms with Gasteiger partial charge in [-0.2, -0.15) is 0 Å². The zero-order valence-electron chi connectivity index (χ0n) is 8.99. The highest BCUT2D eigenvalue weighted by molar-refractivity contribution is 7.90. The summed E-state index contributed by atoms with van der Waals surface area (Å²) in [4.78, 5) is 11.4. The molecule has 0 aromatic rings. The van der Waals surface area contributed by atoms with Crippen molar-refractivity contribution in [2.75, 3.05) is 12.0 Å². The number of ketones is 1. The maximum Gasteiger partial charge on any atom is 0.149 e. The molecule has 1 unspecified atom stereocenters. The van der Waals surface area contributed by atoms with Gasteiger partial charge in [-0.05, 0) is 12.3 Å². The van der Waals surface area contributed by atoms with E-state index in [2.05, 4.69) is 0 Å². The lowest BCUT2D eigenvalue weighted by molar-refractivity contribution is -0.121. The van der Waals surface area contributed by atoms with Gasteiger partial charge in [0.05, 0.1) is 11.8 Å². The highest BCUT2D eigenvalue weighted by Crippen LogP contribution is 2.04. The molecular weight excluding hydrogens is 202 g/mol. The van der Waals surface area contributed by atoms with Gasteiger partial charge in [-0.15, -0.1) is 0 Å². The van der Waals surface area contributed by atoms with Gasteiger partial charge >= 0.3 is 0 Å². The van der Waals surface area contributed by atoms with Crippen molar-refractivity contribution >= 4 is 15.6 Å². The standard InChI is InChI=1S/C9H19NO3S/c1-7(2)6-9(11)8(10)4-5-14(3,12)13/h7-8H,4-6,10H2,1-3H3. The number of carbonyl (C=O) groups excluding carboxylic acids is 1. The van der Waals surface area contributed by atoms with Crippen molar-refractivity contribution < 1.29 is 13.2 Å². The number of Topliss-reactive ketones (excluding diaryl/α,β-unsaturated/α-hetero) is 1. The fourth-order valence-corrected chi connectivity index (χ4v) is 1.74. The Labute approximate surface area is 85.8 Å². The zero-order valence-corrected chi connectivity index (χ0v) is 9.80. The van der Waals surface area contributed by atoms with E-state index in [-0.39, 0.29) is 23.9 Å². The average Bonchev–Trinajstić information content (AvgIpc) is 1.97. The van der Waals surface area contributed by atoms with Crippen molar-refractivity contribution in [3.8, 4) is 0 Å². The van der Waals surface area contributed by atoms with Crippen LogP contribution in [0.2, 0.25) is 0 Å². The first-order valence-electron chi connectivity index (χ1n) is 4.68. The van der Waals surface area contributed by atoms with Crippen LogP contribution in [0.1, 0.15) is 26.7 Å². The Morgan fingerprint density at radius 1 is 1.36 bits per heavy atom. The summed E-state index contributed by atoms with van der Waals surface area (Å²) in [5, 5.41) is 0. The molecular formula is C9H19NO3S. The second kappa shape index (κ2) is 5.46. The number of hydrogen-bond acceptors (Lipinski definition) is 4. The summed E-state index contributed by atoms with van der Waals surface area (Å²) >= 11 is 0. The van der Waals surface area contributed by atoms with E-state index in [1.807, 2.05) is 13.8 Å². The van der Waals surface area contributed by atoms with E-state index in [1.54, 1.807) is 0 Å². The lowest BCUT2D eigenvalue weighted by atomic mass is 10.0. The Bertz CT molecular complexity index is 282. The molecule has 0 bridgehead atoms. The summed E-state index contributed by atoms with van der Waals surface area (Å²) in [6.45, 7) is 3.86. The average molecular weight is 221 g/mol. The smallest absolute Gasteiger partial charge is 0.149 e. The van der Waals surface area contributed by atoms with Crippen LogP contribution in [0.4, 0.5) is 0 Å². The molecule has 0 fully saturated rings. The molecule has 0 radical (unpaired) electrons. The molecule has 4 nitrogen and oxygen atoms in total. The van der Waals surface area contributed by atoms with Crippen molar-refractivity contribution in [3.63, 3.8) is 0 Å². The van der Waals surface area contributed by atoms with Gasteiger partial charge in [-0.3, -0.25) is 4.79 Å². The molecule has 0 heterocycles. The third kappa shape index (κ3) is 7.03. The van der Waals surface area contributed by atoms with E-state index in [4.69, 9.17) is 5.73 Å². The molecule has 0 aliphatic heterocycles. The van der Waals surface area contributed by atoms with Crippen LogP contribution in [0.5, 0.6) is 0 Å². The normalized spacial score (nSPS) is 14.4. The van der Waals surface area contributed by atoms with Crippen LogP contribution < -0.4 is 5.73 Å². The van der Waals surface area contributed by atoms with Gasteiger partial charge in [0, 0.05) is 12.7 Å². The van der Waals surface area contributed by atoms with Gasteiger partial charge in [0.25, 0.3) is 0 Å². The van der Waals surface area contributed by atoms with Crippen LogP contribution >= 0.6 is 0 Å². The Morgan fingerprint density at radius 2 is 1.86 bits per heavy atom. The minimum absolute atomic E-state index is 0.0159. The summed E-state index contributed by atoms with van der Waals surface area (Å²) in [5.41, 5.74) is 5.56. The van der Waals surface area contributed by atoms with Crippen LogP contribution in [-0.4, -0.2) is 32.3 Å². The summed E-state index contributed by atoms with van der Waals surface area (Å²) in [5.74, 6) is 0.202. The minimum Gasteiger partial charge on any atom is -0.321 e. The van der Waals surface area contributed by atoms with Crippen molar-refractivity contribution in [1.29, 1.82) is 0 Å². The highest BCUT2D eigenvalue weighted by atomic mass is 32.2. The van der Waals surface area contributed by atoms with Crippen molar-refractivity contribution in [1.82, 2.24) is 0 Å². The molecule has 1 atom stereocenters. The topological polar surface area (TPSA) is 77.2 Å². The first-order valence-corrected chi connectivity index (χ1v) is 6.74.